The number of fused-ring (bicyclic) bond motifs is 2. The van der Waals surface area contributed by atoms with E-state index in [4.69, 9.17) is 4.43 Å². The van der Waals surface area contributed by atoms with E-state index in [1.54, 1.807) is 0 Å². The summed E-state index contributed by atoms with van der Waals surface area (Å²) in [5, 5.41) is 51.5. The largest absolute Gasteiger partial charge is 0.414 e. The summed E-state index contributed by atoms with van der Waals surface area (Å²) in [4.78, 5) is 0. The van der Waals surface area contributed by atoms with Crippen LogP contribution in [0.4, 0.5) is 0 Å². The van der Waals surface area contributed by atoms with E-state index in [0.29, 0.717) is 41.1 Å². The molecule has 2 unspecified atom stereocenters. The molecule has 4 aliphatic rings. The average molecular weight is 851 g/mol. The minimum atomic E-state index is -1.77. The molecule has 4 rings (SSSR count). The van der Waals surface area contributed by atoms with Crippen LogP contribution < -0.4 is 0 Å². The van der Waals surface area contributed by atoms with Crippen molar-refractivity contribution in [1.82, 2.24) is 0 Å². The molecule has 0 aromatic heterocycles. The SMILES string of the molecule is CC(C)(O)CCCC(CCCC(C)(C)O)[C@H]1CCC2[C@@H](O)CCC[C@@]21C.CC(C)(O)CCCC(CCCC(C)(C)O)[C@H]1CCC2[C@@H](O[Si](C)(C)C(C)(C)C)CCC[C@@]21C. The van der Waals surface area contributed by atoms with E-state index in [2.05, 4.69) is 47.7 Å². The molecule has 0 spiro atoms. The molecule has 8 atom stereocenters. The highest BCUT2D eigenvalue weighted by atomic mass is 28.4. The third-order valence-electron chi connectivity index (χ3n) is 17.1. The van der Waals surface area contributed by atoms with Crippen LogP contribution in [0.25, 0.3) is 0 Å². The van der Waals surface area contributed by atoms with E-state index in [1.807, 2.05) is 55.4 Å². The van der Waals surface area contributed by atoms with Gasteiger partial charge in [0, 0.05) is 6.10 Å². The third-order valence-corrected chi connectivity index (χ3v) is 21.6. The lowest BCUT2D eigenvalue weighted by Crippen LogP contribution is -2.50. The topological polar surface area (TPSA) is 110 Å². The van der Waals surface area contributed by atoms with Gasteiger partial charge in [0.25, 0.3) is 0 Å². The van der Waals surface area contributed by atoms with Crippen molar-refractivity contribution in [1.29, 1.82) is 0 Å². The predicted octanol–water partition coefficient (Wildman–Crippen LogP) is 13.2. The van der Waals surface area contributed by atoms with Crippen LogP contribution in [-0.4, -0.2) is 68.5 Å². The van der Waals surface area contributed by atoms with Crippen molar-refractivity contribution >= 4 is 8.32 Å². The van der Waals surface area contributed by atoms with Crippen LogP contribution in [0.5, 0.6) is 0 Å². The second-order valence-corrected chi connectivity index (χ2v) is 30.5. The van der Waals surface area contributed by atoms with Gasteiger partial charge in [-0.05, 0) is 197 Å². The lowest BCUT2D eigenvalue weighted by molar-refractivity contribution is -0.0320. The minimum Gasteiger partial charge on any atom is -0.414 e. The van der Waals surface area contributed by atoms with Gasteiger partial charge in [-0.25, -0.2) is 0 Å². The fourth-order valence-corrected chi connectivity index (χ4v) is 14.3. The smallest absolute Gasteiger partial charge is 0.192 e. The van der Waals surface area contributed by atoms with Gasteiger partial charge in [-0.2, -0.15) is 0 Å². The first kappa shape index (κ1) is 53.3. The Bertz CT molecular complexity index is 1190. The summed E-state index contributed by atoms with van der Waals surface area (Å²) in [5.74, 6) is 3.95. The Hall–Kier alpha value is -0.0231. The lowest BCUT2D eigenvalue weighted by Gasteiger charge is -2.50. The maximum Gasteiger partial charge on any atom is 0.192 e. The standard InChI is InChI=1S/C29H58O3Si.C23H44O3/c1-26(2,3)33(9,10)32-25-16-13-21-29(8)23(17-18-24(25)29)22(14-11-19-27(4,5)30)15-12-20-28(6,7)31;1-21(2,25)14-6-9-17(10-7-15-22(3,4)26)18-12-13-19-20(24)11-8-16-23(18,19)5/h22-25,30-31H,11-21H2,1-10H3;17-20,24-26H,6-16H2,1-5H3/t23-,24?,25+,29-;18-,19?,20+,23-/m11/s1. The molecule has 59 heavy (non-hydrogen) atoms. The molecule has 0 amide bonds. The molecule has 350 valence electrons. The zero-order chi connectivity index (χ0) is 44.9. The minimum absolute atomic E-state index is 0.104. The summed E-state index contributed by atoms with van der Waals surface area (Å²) < 4.78 is 7.07. The molecule has 4 aliphatic carbocycles. The molecule has 0 aromatic rings. The number of hydrogen-bond donors (Lipinski definition) is 5. The van der Waals surface area contributed by atoms with Crippen molar-refractivity contribution in [2.24, 2.45) is 46.3 Å². The number of rotatable bonds is 20. The van der Waals surface area contributed by atoms with Crippen molar-refractivity contribution in [3.8, 4) is 0 Å². The molecule has 0 bridgehead atoms. The van der Waals surface area contributed by atoms with E-state index >= 15 is 0 Å². The normalized spacial score (nSPS) is 31.0. The van der Waals surface area contributed by atoms with Crippen LogP contribution >= 0.6 is 0 Å². The Morgan fingerprint density at radius 2 is 0.864 bits per heavy atom. The highest BCUT2D eigenvalue weighted by Gasteiger charge is 2.55. The molecule has 4 fully saturated rings. The molecule has 0 aliphatic heterocycles. The first-order chi connectivity index (χ1) is 26.8. The quantitative estimate of drug-likeness (QED) is 0.0781. The summed E-state index contributed by atoms with van der Waals surface area (Å²) in [7, 11) is -1.77. The summed E-state index contributed by atoms with van der Waals surface area (Å²) >= 11 is 0. The van der Waals surface area contributed by atoms with Crippen molar-refractivity contribution in [3.05, 3.63) is 0 Å². The van der Waals surface area contributed by atoms with Crippen molar-refractivity contribution in [2.75, 3.05) is 0 Å². The van der Waals surface area contributed by atoms with Crippen LogP contribution in [0, 0.1) is 46.3 Å². The third kappa shape index (κ3) is 16.2. The van der Waals surface area contributed by atoms with Crippen molar-refractivity contribution < 1.29 is 30.0 Å². The Kier molecular flexibility index (Phi) is 18.9. The predicted molar refractivity (Wildman–Crippen MR) is 252 cm³/mol. The molecule has 7 heteroatoms. The van der Waals surface area contributed by atoms with Gasteiger partial charge in [-0.1, -0.05) is 98.8 Å². The molecular formula is C52H102O6Si. The van der Waals surface area contributed by atoms with Crippen LogP contribution in [-0.2, 0) is 4.43 Å². The molecule has 4 saturated carbocycles. The first-order valence-electron chi connectivity index (χ1n) is 25.0. The van der Waals surface area contributed by atoms with Gasteiger partial charge in [0.2, 0.25) is 0 Å². The molecule has 0 aromatic carbocycles. The van der Waals surface area contributed by atoms with E-state index in [9.17, 15) is 25.5 Å². The molecule has 0 saturated heterocycles. The fourth-order valence-electron chi connectivity index (χ4n) is 12.9. The zero-order valence-electron chi connectivity index (χ0n) is 41.8. The van der Waals surface area contributed by atoms with Crippen LogP contribution in [0.15, 0.2) is 0 Å². The van der Waals surface area contributed by atoms with Crippen molar-refractivity contribution in [3.63, 3.8) is 0 Å². The summed E-state index contributed by atoms with van der Waals surface area (Å²) in [6.07, 6.45) is 25.2. The average Bonchev–Trinajstić information content (AvgIpc) is 3.59. The monoisotopic (exact) mass is 851 g/mol. The fraction of sp³-hybridized carbons (Fsp3) is 1.00. The van der Waals surface area contributed by atoms with E-state index in [1.165, 1.54) is 77.0 Å². The number of aliphatic hydroxyl groups excluding tert-OH is 1. The van der Waals surface area contributed by atoms with Crippen LogP contribution in [0.1, 0.15) is 231 Å². The van der Waals surface area contributed by atoms with Gasteiger partial charge in [0.05, 0.1) is 28.5 Å². The Labute approximate surface area is 367 Å². The van der Waals surface area contributed by atoms with E-state index < -0.39 is 30.7 Å². The maximum atomic E-state index is 10.5. The Morgan fingerprint density at radius 1 is 0.525 bits per heavy atom. The van der Waals surface area contributed by atoms with E-state index in [0.717, 1.165) is 70.1 Å². The highest BCUT2D eigenvalue weighted by molar-refractivity contribution is 6.74. The van der Waals surface area contributed by atoms with E-state index in [-0.39, 0.29) is 16.6 Å². The molecule has 6 nitrogen and oxygen atoms in total. The molecule has 5 N–H and O–H groups in total. The lowest BCUT2D eigenvalue weighted by atomic mass is 9.60. The molecule has 0 heterocycles. The maximum absolute atomic E-state index is 10.5. The highest BCUT2D eigenvalue weighted by Crippen LogP contribution is 2.61. The summed E-state index contributed by atoms with van der Waals surface area (Å²) in [6.45, 7) is 32.3. The van der Waals surface area contributed by atoms with Gasteiger partial charge in [-0.3, -0.25) is 0 Å². The van der Waals surface area contributed by atoms with Crippen LogP contribution in [0.3, 0.4) is 0 Å². The molecule has 0 radical (unpaired) electrons. The van der Waals surface area contributed by atoms with Gasteiger partial charge in [0.1, 0.15) is 0 Å². The molecular weight excluding hydrogens is 749 g/mol. The summed E-state index contributed by atoms with van der Waals surface area (Å²) in [6, 6.07) is 0. The number of aliphatic hydroxyl groups is 5. The van der Waals surface area contributed by atoms with Gasteiger partial charge < -0.3 is 30.0 Å². The van der Waals surface area contributed by atoms with Gasteiger partial charge in [0.15, 0.2) is 8.32 Å². The van der Waals surface area contributed by atoms with Crippen molar-refractivity contribution in [2.45, 2.75) is 284 Å². The van der Waals surface area contributed by atoms with Gasteiger partial charge in [-0.15, -0.1) is 0 Å². The van der Waals surface area contributed by atoms with Gasteiger partial charge >= 0.3 is 0 Å². The first-order valence-corrected chi connectivity index (χ1v) is 27.9. The Balaban J connectivity index is 0.000000324. The zero-order valence-corrected chi connectivity index (χ0v) is 42.8. The number of hydrogen-bond acceptors (Lipinski definition) is 6. The van der Waals surface area contributed by atoms with Crippen LogP contribution in [0.2, 0.25) is 18.1 Å². The second kappa shape index (κ2) is 20.9. The second-order valence-electron chi connectivity index (χ2n) is 25.7. The Morgan fingerprint density at radius 3 is 1.22 bits per heavy atom. The summed E-state index contributed by atoms with van der Waals surface area (Å²) in [5.41, 5.74) is -1.66.